The van der Waals surface area contributed by atoms with Crippen LogP contribution in [0.15, 0.2) is 24.3 Å². The van der Waals surface area contributed by atoms with E-state index in [9.17, 15) is 32.7 Å². The SMILES string of the molecule is Cc1ccc(C(=O)CC2CCC(C(F)(F)F)CC2)c2c(C(=O)O)ccc(C(=O)NC3CCC(C)CC3)c12. The molecule has 0 bridgehead atoms. The molecule has 2 fully saturated rings. The lowest BCUT2D eigenvalue weighted by molar-refractivity contribution is -0.183. The second kappa shape index (κ2) is 10.8. The molecule has 0 spiro atoms. The van der Waals surface area contributed by atoms with Crippen molar-refractivity contribution in [3.63, 3.8) is 0 Å². The van der Waals surface area contributed by atoms with E-state index in [1.165, 1.54) is 12.1 Å². The number of rotatable bonds is 6. The van der Waals surface area contributed by atoms with Gasteiger partial charge in [0.25, 0.3) is 5.91 Å². The average Bonchev–Trinajstić information content (AvgIpc) is 2.84. The zero-order valence-corrected chi connectivity index (χ0v) is 21.3. The molecule has 0 saturated heterocycles. The van der Waals surface area contributed by atoms with E-state index >= 15 is 0 Å². The number of carboxylic acid groups (broad SMARTS) is 1. The molecule has 8 heteroatoms. The number of hydrogen-bond acceptors (Lipinski definition) is 3. The molecule has 200 valence electrons. The summed E-state index contributed by atoms with van der Waals surface area (Å²) in [4.78, 5) is 38.9. The number of benzene rings is 2. The second-order valence-electron chi connectivity index (χ2n) is 11.0. The van der Waals surface area contributed by atoms with E-state index in [-0.39, 0.29) is 59.4 Å². The number of nitrogens with one attached hydrogen (secondary N) is 1. The summed E-state index contributed by atoms with van der Waals surface area (Å²) in [6.45, 7) is 3.97. The Morgan fingerprint density at radius 2 is 1.46 bits per heavy atom. The summed E-state index contributed by atoms with van der Waals surface area (Å²) in [5.74, 6) is -2.69. The Kier molecular flexibility index (Phi) is 7.95. The van der Waals surface area contributed by atoms with Crippen molar-refractivity contribution in [1.82, 2.24) is 5.32 Å². The Bertz CT molecular complexity index is 1190. The maximum atomic E-state index is 13.4. The molecule has 0 unspecified atom stereocenters. The van der Waals surface area contributed by atoms with E-state index in [4.69, 9.17) is 0 Å². The molecule has 2 aromatic carbocycles. The molecular formula is C29H34F3NO4. The summed E-state index contributed by atoms with van der Waals surface area (Å²) < 4.78 is 39.1. The standard InChI is InChI=1S/C29H34F3NO4/c1-16-3-10-20(11-4-16)33-27(35)22-13-14-23(28(36)37)26-21(12-5-17(2)25(22)26)24(34)15-18-6-8-19(9-7-18)29(30,31)32/h5,12-14,16,18-20H,3-4,6-11,15H2,1-2H3,(H,33,35)(H,36,37). The minimum atomic E-state index is -4.22. The van der Waals surface area contributed by atoms with Gasteiger partial charge in [-0.05, 0) is 93.2 Å². The van der Waals surface area contributed by atoms with Crippen molar-refractivity contribution in [2.75, 3.05) is 0 Å². The van der Waals surface area contributed by atoms with Gasteiger partial charge in [0.1, 0.15) is 0 Å². The van der Waals surface area contributed by atoms with Gasteiger partial charge in [-0.15, -0.1) is 0 Å². The highest BCUT2D eigenvalue weighted by molar-refractivity contribution is 6.20. The zero-order valence-electron chi connectivity index (χ0n) is 21.3. The molecule has 2 saturated carbocycles. The van der Waals surface area contributed by atoms with Gasteiger partial charge in [-0.25, -0.2) is 4.79 Å². The number of carboxylic acids is 1. The van der Waals surface area contributed by atoms with Crippen LogP contribution in [-0.4, -0.2) is 35.0 Å². The molecule has 5 nitrogen and oxygen atoms in total. The Morgan fingerprint density at radius 3 is 2.05 bits per heavy atom. The molecule has 2 aromatic rings. The number of aromatic carboxylic acids is 1. The lowest BCUT2D eigenvalue weighted by Gasteiger charge is -2.29. The topological polar surface area (TPSA) is 83.5 Å². The van der Waals surface area contributed by atoms with Crippen molar-refractivity contribution in [2.24, 2.45) is 17.8 Å². The number of halogens is 3. The van der Waals surface area contributed by atoms with Gasteiger partial charge < -0.3 is 10.4 Å². The first-order valence-electron chi connectivity index (χ1n) is 13.2. The van der Waals surface area contributed by atoms with Crippen LogP contribution in [0.3, 0.4) is 0 Å². The molecule has 0 atom stereocenters. The molecular weight excluding hydrogens is 483 g/mol. The van der Waals surface area contributed by atoms with Crippen LogP contribution in [-0.2, 0) is 0 Å². The Labute approximate surface area is 214 Å². The molecule has 2 aliphatic rings. The number of aryl methyl sites for hydroxylation is 1. The zero-order chi connectivity index (χ0) is 26.9. The molecule has 0 aliphatic heterocycles. The molecule has 4 rings (SSSR count). The Morgan fingerprint density at radius 1 is 0.865 bits per heavy atom. The van der Waals surface area contributed by atoms with Gasteiger partial charge in [0, 0.05) is 29.0 Å². The number of carbonyl (C=O) groups is 3. The number of amides is 1. The number of Topliss-reactive ketones (excluding diaryl/α,β-unsaturated/α-hetero) is 1. The maximum Gasteiger partial charge on any atom is 0.391 e. The fourth-order valence-corrected chi connectivity index (χ4v) is 6.00. The third kappa shape index (κ3) is 5.99. The van der Waals surface area contributed by atoms with Crippen LogP contribution in [0.4, 0.5) is 13.2 Å². The predicted octanol–water partition coefficient (Wildman–Crippen LogP) is 7.10. The first kappa shape index (κ1) is 27.1. The van der Waals surface area contributed by atoms with Crippen molar-refractivity contribution < 1.29 is 32.7 Å². The highest BCUT2D eigenvalue weighted by Crippen LogP contribution is 2.41. The summed E-state index contributed by atoms with van der Waals surface area (Å²) in [7, 11) is 0. The number of fused-ring (bicyclic) bond motifs is 1. The third-order valence-electron chi connectivity index (χ3n) is 8.28. The van der Waals surface area contributed by atoms with Crippen molar-refractivity contribution >= 4 is 28.4 Å². The largest absolute Gasteiger partial charge is 0.478 e. The van der Waals surface area contributed by atoms with Crippen molar-refractivity contribution in [2.45, 2.75) is 83.9 Å². The van der Waals surface area contributed by atoms with Crippen LogP contribution in [0.1, 0.15) is 101 Å². The Balaban J connectivity index is 1.64. The van der Waals surface area contributed by atoms with Crippen molar-refractivity contribution in [1.29, 1.82) is 0 Å². The quantitative estimate of drug-likeness (QED) is 0.401. The van der Waals surface area contributed by atoms with E-state index < -0.39 is 18.1 Å². The van der Waals surface area contributed by atoms with Crippen molar-refractivity contribution in [3.05, 3.63) is 46.5 Å². The van der Waals surface area contributed by atoms with Crippen LogP contribution >= 0.6 is 0 Å². The van der Waals surface area contributed by atoms with Crippen LogP contribution in [0, 0.1) is 24.7 Å². The lowest BCUT2D eigenvalue weighted by atomic mass is 9.78. The average molecular weight is 518 g/mol. The highest BCUT2D eigenvalue weighted by atomic mass is 19.4. The van der Waals surface area contributed by atoms with E-state index in [0.717, 1.165) is 25.7 Å². The number of hydrogen-bond donors (Lipinski definition) is 2. The maximum absolute atomic E-state index is 13.4. The van der Waals surface area contributed by atoms with Gasteiger partial charge in [-0.1, -0.05) is 19.1 Å². The third-order valence-corrected chi connectivity index (χ3v) is 8.28. The number of carbonyl (C=O) groups excluding carboxylic acids is 2. The van der Waals surface area contributed by atoms with Crippen LogP contribution in [0.25, 0.3) is 10.8 Å². The van der Waals surface area contributed by atoms with Crippen LogP contribution < -0.4 is 5.32 Å². The van der Waals surface area contributed by atoms with Gasteiger partial charge in [0.2, 0.25) is 0 Å². The van der Waals surface area contributed by atoms with Gasteiger partial charge >= 0.3 is 12.1 Å². The summed E-state index contributed by atoms with van der Waals surface area (Å²) >= 11 is 0. The summed E-state index contributed by atoms with van der Waals surface area (Å²) in [5.41, 5.74) is 1.15. The minimum Gasteiger partial charge on any atom is -0.478 e. The smallest absolute Gasteiger partial charge is 0.391 e. The number of ketones is 1. The molecule has 37 heavy (non-hydrogen) atoms. The summed E-state index contributed by atoms with van der Waals surface area (Å²) in [6.07, 6.45) is 0.288. The minimum absolute atomic E-state index is 0.000726. The molecule has 0 heterocycles. The van der Waals surface area contributed by atoms with E-state index in [2.05, 4.69) is 12.2 Å². The first-order valence-corrected chi connectivity index (χ1v) is 13.2. The first-order chi connectivity index (χ1) is 17.5. The molecule has 2 N–H and O–H groups in total. The van der Waals surface area contributed by atoms with Crippen molar-refractivity contribution in [3.8, 4) is 0 Å². The normalized spacial score (nSPS) is 24.6. The Hall–Kier alpha value is -2.90. The van der Waals surface area contributed by atoms with Gasteiger partial charge in [0.15, 0.2) is 5.78 Å². The van der Waals surface area contributed by atoms with Gasteiger partial charge in [-0.2, -0.15) is 13.2 Å². The van der Waals surface area contributed by atoms with E-state index in [1.807, 2.05) is 0 Å². The lowest BCUT2D eigenvalue weighted by Crippen LogP contribution is -2.37. The fraction of sp³-hybridized carbons (Fsp3) is 0.552. The van der Waals surface area contributed by atoms with Crippen LogP contribution in [0.5, 0.6) is 0 Å². The van der Waals surface area contributed by atoms with Gasteiger partial charge in [-0.3, -0.25) is 9.59 Å². The molecule has 0 aromatic heterocycles. The van der Waals surface area contributed by atoms with Crippen LogP contribution in [0.2, 0.25) is 0 Å². The van der Waals surface area contributed by atoms with E-state index in [0.29, 0.717) is 35.3 Å². The fourth-order valence-electron chi connectivity index (χ4n) is 6.00. The molecule has 1 amide bonds. The summed E-state index contributed by atoms with van der Waals surface area (Å²) in [5, 5.41) is 13.7. The summed E-state index contributed by atoms with van der Waals surface area (Å²) in [6, 6.07) is 6.22. The molecule has 0 radical (unpaired) electrons. The predicted molar refractivity (Wildman–Crippen MR) is 135 cm³/mol. The second-order valence-corrected chi connectivity index (χ2v) is 11.0. The van der Waals surface area contributed by atoms with E-state index in [1.54, 1.807) is 19.1 Å². The number of alkyl halides is 3. The highest BCUT2D eigenvalue weighted by Gasteiger charge is 2.41. The molecule has 2 aliphatic carbocycles. The monoisotopic (exact) mass is 517 g/mol. The van der Waals surface area contributed by atoms with Gasteiger partial charge in [0.05, 0.1) is 11.5 Å².